The van der Waals surface area contributed by atoms with Gasteiger partial charge in [0.05, 0.1) is 28.4 Å². The van der Waals surface area contributed by atoms with Gasteiger partial charge in [0.1, 0.15) is 17.1 Å². The largest absolute Gasteiger partial charge is 0.497 e. The molecule has 25 heavy (non-hydrogen) atoms. The van der Waals surface area contributed by atoms with Crippen LogP contribution in [0.5, 0.6) is 28.7 Å². The lowest BCUT2D eigenvalue weighted by Crippen LogP contribution is -2.00. The minimum absolute atomic E-state index is 0.185. The Kier molecular flexibility index (Phi) is 4.52. The summed E-state index contributed by atoms with van der Waals surface area (Å²) in [6.07, 6.45) is 1.66. The summed E-state index contributed by atoms with van der Waals surface area (Å²) in [5, 5.41) is 0. The Morgan fingerprint density at radius 2 is 1.56 bits per heavy atom. The predicted octanol–water partition coefficient (Wildman–Crippen LogP) is 3.34. The number of ether oxygens (including phenoxy) is 5. The second-order valence-electron chi connectivity index (χ2n) is 5.23. The first kappa shape index (κ1) is 16.7. The van der Waals surface area contributed by atoms with Gasteiger partial charge in [0.25, 0.3) is 0 Å². The van der Waals surface area contributed by atoms with E-state index >= 15 is 0 Å². The number of methoxy groups -OCH3 is 4. The van der Waals surface area contributed by atoms with Gasteiger partial charge in [0.15, 0.2) is 17.3 Å². The van der Waals surface area contributed by atoms with E-state index in [1.165, 1.54) is 21.3 Å². The zero-order valence-corrected chi connectivity index (χ0v) is 14.4. The molecule has 0 aliphatic carbocycles. The van der Waals surface area contributed by atoms with Gasteiger partial charge in [-0.25, -0.2) is 0 Å². The third kappa shape index (κ3) is 2.87. The number of ketones is 1. The molecule has 1 heterocycles. The van der Waals surface area contributed by atoms with E-state index in [2.05, 4.69) is 0 Å². The summed E-state index contributed by atoms with van der Waals surface area (Å²) in [6, 6.07) is 8.89. The van der Waals surface area contributed by atoms with Gasteiger partial charge in [-0.1, -0.05) is 12.1 Å². The van der Waals surface area contributed by atoms with Crippen LogP contribution in [-0.4, -0.2) is 34.2 Å². The van der Waals surface area contributed by atoms with Crippen LogP contribution in [0.4, 0.5) is 0 Å². The second kappa shape index (κ2) is 6.76. The van der Waals surface area contributed by atoms with E-state index in [-0.39, 0.29) is 11.5 Å². The Balaban J connectivity index is 2.06. The number of rotatable bonds is 5. The summed E-state index contributed by atoms with van der Waals surface area (Å²) in [5.41, 5.74) is 1.13. The van der Waals surface area contributed by atoms with E-state index in [0.717, 1.165) is 11.3 Å². The predicted molar refractivity (Wildman–Crippen MR) is 92.0 cm³/mol. The summed E-state index contributed by atoms with van der Waals surface area (Å²) in [6.45, 7) is 0. The average Bonchev–Trinajstić information content (AvgIpc) is 2.97. The first-order valence-corrected chi connectivity index (χ1v) is 7.54. The van der Waals surface area contributed by atoms with Crippen molar-refractivity contribution in [2.45, 2.75) is 0 Å². The number of allylic oxidation sites excluding steroid dienone is 1. The van der Waals surface area contributed by atoms with Crippen LogP contribution in [0.1, 0.15) is 15.9 Å². The summed E-state index contributed by atoms with van der Waals surface area (Å²) >= 11 is 0. The molecule has 6 nitrogen and oxygen atoms in total. The van der Waals surface area contributed by atoms with E-state index < -0.39 is 0 Å². The molecule has 0 saturated carbocycles. The van der Waals surface area contributed by atoms with Crippen molar-refractivity contribution in [2.24, 2.45) is 0 Å². The van der Waals surface area contributed by atoms with E-state index in [0.29, 0.717) is 28.6 Å². The van der Waals surface area contributed by atoms with Crippen molar-refractivity contribution in [1.82, 2.24) is 0 Å². The smallest absolute Gasteiger partial charge is 0.235 e. The summed E-state index contributed by atoms with van der Waals surface area (Å²) < 4.78 is 26.9. The zero-order valence-electron chi connectivity index (χ0n) is 14.4. The molecule has 2 aromatic rings. The van der Waals surface area contributed by atoms with Crippen molar-refractivity contribution in [1.29, 1.82) is 0 Å². The maximum absolute atomic E-state index is 12.8. The third-order valence-electron chi connectivity index (χ3n) is 3.89. The van der Waals surface area contributed by atoms with Gasteiger partial charge in [-0.15, -0.1) is 0 Å². The van der Waals surface area contributed by atoms with Crippen LogP contribution < -0.4 is 23.7 Å². The van der Waals surface area contributed by atoms with Crippen molar-refractivity contribution in [3.05, 3.63) is 47.2 Å². The molecule has 3 rings (SSSR count). The number of carbonyl (C=O) groups is 1. The molecule has 0 fully saturated rings. The number of benzene rings is 2. The molecule has 0 aromatic heterocycles. The van der Waals surface area contributed by atoms with Crippen LogP contribution in [0.15, 0.2) is 36.1 Å². The molecular formula is C19H18O6. The molecule has 6 heteroatoms. The fourth-order valence-electron chi connectivity index (χ4n) is 2.64. The molecule has 0 N–H and O–H groups in total. The van der Waals surface area contributed by atoms with Gasteiger partial charge in [-0.3, -0.25) is 4.79 Å². The Morgan fingerprint density at radius 1 is 0.880 bits per heavy atom. The SMILES string of the molecule is COc1ccc(/C=C2/Oc3c(OC)c(OC)cc(OC)c3C2=O)cc1. The Labute approximate surface area is 145 Å². The molecule has 2 aromatic carbocycles. The van der Waals surface area contributed by atoms with Crippen LogP contribution in [-0.2, 0) is 0 Å². The lowest BCUT2D eigenvalue weighted by atomic mass is 10.1. The summed E-state index contributed by atoms with van der Waals surface area (Å²) in [5.74, 6) is 2.09. The molecule has 0 unspecified atom stereocenters. The van der Waals surface area contributed by atoms with Gasteiger partial charge >= 0.3 is 0 Å². The van der Waals surface area contributed by atoms with E-state index in [1.54, 1.807) is 19.3 Å². The maximum Gasteiger partial charge on any atom is 0.235 e. The molecule has 0 bridgehead atoms. The van der Waals surface area contributed by atoms with Gasteiger partial charge in [0.2, 0.25) is 11.5 Å². The quantitative estimate of drug-likeness (QED) is 0.777. The van der Waals surface area contributed by atoms with Crippen LogP contribution in [0.3, 0.4) is 0 Å². The van der Waals surface area contributed by atoms with E-state index in [9.17, 15) is 4.79 Å². The minimum atomic E-state index is -0.274. The van der Waals surface area contributed by atoms with E-state index in [1.807, 2.05) is 24.3 Å². The number of hydrogen-bond donors (Lipinski definition) is 0. The van der Waals surface area contributed by atoms with Crippen molar-refractivity contribution in [3.63, 3.8) is 0 Å². The lowest BCUT2D eigenvalue weighted by Gasteiger charge is -2.13. The van der Waals surface area contributed by atoms with Crippen LogP contribution in [0.25, 0.3) is 6.08 Å². The van der Waals surface area contributed by atoms with Gasteiger partial charge in [-0.2, -0.15) is 0 Å². The van der Waals surface area contributed by atoms with Crippen molar-refractivity contribution in [2.75, 3.05) is 28.4 Å². The molecule has 1 aliphatic heterocycles. The van der Waals surface area contributed by atoms with Crippen molar-refractivity contribution in [3.8, 4) is 28.7 Å². The molecule has 130 valence electrons. The standard InChI is InChI=1S/C19H18O6/c1-21-12-7-5-11(6-8-12)9-14-17(20)16-13(22-2)10-15(23-3)18(24-4)19(16)25-14/h5-10H,1-4H3/b14-9+. The number of hydrogen-bond acceptors (Lipinski definition) is 6. The first-order chi connectivity index (χ1) is 12.1. The Bertz CT molecular complexity index is 836. The highest BCUT2D eigenvalue weighted by Gasteiger charge is 2.36. The molecular weight excluding hydrogens is 324 g/mol. The van der Waals surface area contributed by atoms with Crippen LogP contribution >= 0.6 is 0 Å². The highest BCUT2D eigenvalue weighted by molar-refractivity contribution is 6.17. The monoisotopic (exact) mass is 342 g/mol. The Hall–Kier alpha value is -3.15. The highest BCUT2D eigenvalue weighted by atomic mass is 16.5. The number of carbonyl (C=O) groups excluding carboxylic acids is 1. The molecule has 1 aliphatic rings. The van der Waals surface area contributed by atoms with Gasteiger partial charge in [0, 0.05) is 6.07 Å². The van der Waals surface area contributed by atoms with Crippen molar-refractivity contribution >= 4 is 11.9 Å². The first-order valence-electron chi connectivity index (χ1n) is 7.54. The van der Waals surface area contributed by atoms with Crippen LogP contribution in [0, 0.1) is 0 Å². The van der Waals surface area contributed by atoms with Crippen molar-refractivity contribution < 1.29 is 28.5 Å². The van der Waals surface area contributed by atoms with Gasteiger partial charge < -0.3 is 23.7 Å². The topological polar surface area (TPSA) is 63.2 Å². The summed E-state index contributed by atoms with van der Waals surface area (Å²) in [7, 11) is 6.08. The molecule has 0 spiro atoms. The normalized spacial score (nSPS) is 14.1. The zero-order chi connectivity index (χ0) is 18.0. The minimum Gasteiger partial charge on any atom is -0.497 e. The summed E-state index contributed by atoms with van der Waals surface area (Å²) in [4.78, 5) is 12.8. The molecule has 0 amide bonds. The molecule has 0 saturated heterocycles. The van der Waals surface area contributed by atoms with Gasteiger partial charge in [-0.05, 0) is 23.8 Å². The Morgan fingerprint density at radius 3 is 2.12 bits per heavy atom. The highest BCUT2D eigenvalue weighted by Crippen LogP contribution is 2.50. The second-order valence-corrected chi connectivity index (χ2v) is 5.23. The fraction of sp³-hybridized carbons (Fsp3) is 0.211. The molecule has 0 radical (unpaired) electrons. The fourth-order valence-corrected chi connectivity index (χ4v) is 2.64. The molecule has 0 atom stereocenters. The number of Topliss-reactive ketones (excluding diaryl/α,β-unsaturated/α-hetero) is 1. The lowest BCUT2D eigenvalue weighted by molar-refractivity contribution is 0.101. The average molecular weight is 342 g/mol. The maximum atomic E-state index is 12.8. The third-order valence-corrected chi connectivity index (χ3v) is 3.89. The number of fused-ring (bicyclic) bond motifs is 1. The van der Waals surface area contributed by atoms with E-state index in [4.69, 9.17) is 23.7 Å². The van der Waals surface area contributed by atoms with Crippen LogP contribution in [0.2, 0.25) is 0 Å².